The Morgan fingerprint density at radius 2 is 2.28 bits per heavy atom. The van der Waals surface area contributed by atoms with Crippen molar-refractivity contribution in [2.75, 3.05) is 5.32 Å². The van der Waals surface area contributed by atoms with E-state index in [0.29, 0.717) is 5.02 Å². The Morgan fingerprint density at radius 1 is 1.50 bits per heavy atom. The van der Waals surface area contributed by atoms with Gasteiger partial charge in [0.2, 0.25) is 0 Å². The van der Waals surface area contributed by atoms with E-state index >= 15 is 0 Å². The minimum Gasteiger partial charge on any atom is -0.377 e. The highest BCUT2D eigenvalue weighted by atomic mass is 79.9. The predicted molar refractivity (Wildman–Crippen MR) is 79.1 cm³/mol. The minimum atomic E-state index is 0.164. The van der Waals surface area contributed by atoms with E-state index in [9.17, 15) is 0 Å². The van der Waals surface area contributed by atoms with E-state index in [1.165, 1.54) is 0 Å². The van der Waals surface area contributed by atoms with Gasteiger partial charge in [-0.25, -0.2) is 0 Å². The molecule has 0 saturated carbocycles. The van der Waals surface area contributed by atoms with E-state index in [-0.39, 0.29) is 6.04 Å². The molecule has 0 aliphatic carbocycles. The van der Waals surface area contributed by atoms with E-state index in [1.54, 1.807) is 0 Å². The summed E-state index contributed by atoms with van der Waals surface area (Å²) in [6, 6.07) is 5.93. The topological polar surface area (TPSA) is 29.9 Å². The zero-order chi connectivity index (χ0) is 13.1. The van der Waals surface area contributed by atoms with Crippen LogP contribution in [0.1, 0.15) is 25.5 Å². The second-order valence-corrected chi connectivity index (χ2v) is 5.44. The van der Waals surface area contributed by atoms with Crippen LogP contribution in [-0.2, 0) is 6.54 Å². The molecule has 0 spiro atoms. The van der Waals surface area contributed by atoms with Gasteiger partial charge in [-0.3, -0.25) is 4.68 Å². The number of nitrogens with one attached hydrogen (secondary N) is 1. The molecule has 2 rings (SSSR count). The summed E-state index contributed by atoms with van der Waals surface area (Å²) in [5, 5.41) is 8.38. The molecule has 1 unspecified atom stereocenters. The Bertz CT molecular complexity index is 539. The van der Waals surface area contributed by atoms with Crippen LogP contribution >= 0.6 is 27.5 Å². The summed E-state index contributed by atoms with van der Waals surface area (Å²) < 4.78 is 2.92. The minimum absolute atomic E-state index is 0.164. The molecule has 3 nitrogen and oxygen atoms in total. The number of hydrogen-bond donors (Lipinski definition) is 1. The largest absolute Gasteiger partial charge is 0.377 e. The van der Waals surface area contributed by atoms with Gasteiger partial charge in [-0.15, -0.1) is 0 Å². The monoisotopic (exact) mass is 327 g/mol. The lowest BCUT2D eigenvalue weighted by Gasteiger charge is -2.15. The van der Waals surface area contributed by atoms with Gasteiger partial charge in [0, 0.05) is 22.8 Å². The van der Waals surface area contributed by atoms with Crippen LogP contribution in [0.15, 0.2) is 35.1 Å². The third-order valence-electron chi connectivity index (χ3n) is 2.78. The SMILES string of the molecule is CCn1cc(C(C)Nc2cc(Br)ccc2Cl)cn1. The summed E-state index contributed by atoms with van der Waals surface area (Å²) in [5.41, 5.74) is 2.07. The molecule has 1 atom stereocenters. The fraction of sp³-hybridized carbons (Fsp3) is 0.308. The Morgan fingerprint density at radius 3 is 2.94 bits per heavy atom. The number of benzene rings is 1. The first-order valence-corrected chi connectivity index (χ1v) is 7.01. The Kier molecular flexibility index (Phi) is 4.30. The fourth-order valence-electron chi connectivity index (χ4n) is 1.70. The van der Waals surface area contributed by atoms with Crippen LogP contribution in [0.25, 0.3) is 0 Å². The average Bonchev–Trinajstić information content (AvgIpc) is 2.82. The average molecular weight is 329 g/mol. The van der Waals surface area contributed by atoms with Crippen LogP contribution in [0, 0.1) is 0 Å². The Balaban J connectivity index is 2.15. The molecular formula is C13H15BrClN3. The standard InChI is InChI=1S/C13H15BrClN3/c1-3-18-8-10(7-16-18)9(2)17-13-6-11(14)4-5-12(13)15/h4-9,17H,3H2,1-2H3. The molecular weight excluding hydrogens is 314 g/mol. The van der Waals surface area contributed by atoms with Gasteiger partial charge in [-0.1, -0.05) is 27.5 Å². The molecule has 5 heteroatoms. The van der Waals surface area contributed by atoms with Gasteiger partial charge in [0.15, 0.2) is 0 Å². The van der Waals surface area contributed by atoms with E-state index in [0.717, 1.165) is 22.3 Å². The maximum Gasteiger partial charge on any atom is 0.0638 e. The van der Waals surface area contributed by atoms with Crippen LogP contribution in [0.5, 0.6) is 0 Å². The molecule has 0 amide bonds. The number of aryl methyl sites for hydroxylation is 1. The molecule has 18 heavy (non-hydrogen) atoms. The number of rotatable bonds is 4. The molecule has 0 bridgehead atoms. The molecule has 1 heterocycles. The van der Waals surface area contributed by atoms with Crippen LogP contribution in [0.2, 0.25) is 5.02 Å². The lowest BCUT2D eigenvalue weighted by Crippen LogP contribution is -2.06. The normalized spacial score (nSPS) is 12.4. The summed E-state index contributed by atoms with van der Waals surface area (Å²) in [6.07, 6.45) is 3.93. The van der Waals surface area contributed by atoms with Crippen molar-refractivity contribution in [3.05, 3.63) is 45.7 Å². The number of aromatic nitrogens is 2. The zero-order valence-electron chi connectivity index (χ0n) is 10.3. The fourth-order valence-corrected chi connectivity index (χ4v) is 2.23. The van der Waals surface area contributed by atoms with Gasteiger partial charge >= 0.3 is 0 Å². The lowest BCUT2D eigenvalue weighted by atomic mass is 10.2. The molecule has 0 saturated heterocycles. The third kappa shape index (κ3) is 3.06. The number of halogens is 2. The lowest BCUT2D eigenvalue weighted by molar-refractivity contribution is 0.658. The van der Waals surface area contributed by atoms with Gasteiger partial charge < -0.3 is 5.32 Å². The highest BCUT2D eigenvalue weighted by molar-refractivity contribution is 9.10. The third-order valence-corrected chi connectivity index (χ3v) is 3.60. The quantitative estimate of drug-likeness (QED) is 0.896. The van der Waals surface area contributed by atoms with Gasteiger partial charge in [-0.05, 0) is 32.0 Å². The zero-order valence-corrected chi connectivity index (χ0v) is 12.7. The van der Waals surface area contributed by atoms with Crippen molar-refractivity contribution in [3.63, 3.8) is 0 Å². The van der Waals surface area contributed by atoms with Gasteiger partial charge in [0.25, 0.3) is 0 Å². The van der Waals surface area contributed by atoms with Crippen molar-refractivity contribution >= 4 is 33.2 Å². The second kappa shape index (κ2) is 5.76. The van der Waals surface area contributed by atoms with E-state index in [1.807, 2.05) is 35.3 Å². The number of anilines is 1. The second-order valence-electron chi connectivity index (χ2n) is 4.12. The summed E-state index contributed by atoms with van der Waals surface area (Å²) in [4.78, 5) is 0. The van der Waals surface area contributed by atoms with Crippen LogP contribution in [0.4, 0.5) is 5.69 Å². The highest BCUT2D eigenvalue weighted by Crippen LogP contribution is 2.28. The summed E-state index contributed by atoms with van der Waals surface area (Å²) in [7, 11) is 0. The highest BCUT2D eigenvalue weighted by Gasteiger charge is 2.10. The van der Waals surface area contributed by atoms with Crippen molar-refractivity contribution in [2.45, 2.75) is 26.4 Å². The van der Waals surface area contributed by atoms with Gasteiger partial charge in [0.1, 0.15) is 0 Å². The summed E-state index contributed by atoms with van der Waals surface area (Å²) >= 11 is 9.60. The maximum atomic E-state index is 6.16. The Hall–Kier alpha value is -1.00. The predicted octanol–water partition coefficient (Wildman–Crippen LogP) is 4.49. The van der Waals surface area contributed by atoms with E-state index in [2.05, 4.69) is 40.2 Å². The van der Waals surface area contributed by atoms with Gasteiger partial charge in [-0.2, -0.15) is 5.10 Å². The smallest absolute Gasteiger partial charge is 0.0638 e. The van der Waals surface area contributed by atoms with E-state index in [4.69, 9.17) is 11.6 Å². The molecule has 1 N–H and O–H groups in total. The first-order valence-electron chi connectivity index (χ1n) is 5.84. The molecule has 96 valence electrons. The first-order chi connectivity index (χ1) is 8.60. The number of nitrogens with zero attached hydrogens (tertiary/aromatic N) is 2. The molecule has 0 aliphatic rings. The molecule has 0 fully saturated rings. The number of hydrogen-bond acceptors (Lipinski definition) is 2. The van der Waals surface area contributed by atoms with Crippen molar-refractivity contribution in [1.29, 1.82) is 0 Å². The van der Waals surface area contributed by atoms with Crippen molar-refractivity contribution in [3.8, 4) is 0 Å². The van der Waals surface area contributed by atoms with Crippen molar-refractivity contribution < 1.29 is 0 Å². The Labute approximate surface area is 120 Å². The van der Waals surface area contributed by atoms with E-state index < -0.39 is 0 Å². The van der Waals surface area contributed by atoms with Crippen LogP contribution < -0.4 is 5.32 Å². The molecule has 0 aliphatic heterocycles. The summed E-state index contributed by atoms with van der Waals surface area (Å²) in [5.74, 6) is 0. The first kappa shape index (κ1) is 13.4. The molecule has 1 aromatic carbocycles. The molecule has 2 aromatic rings. The van der Waals surface area contributed by atoms with Crippen molar-refractivity contribution in [1.82, 2.24) is 9.78 Å². The van der Waals surface area contributed by atoms with Gasteiger partial charge in [0.05, 0.1) is 22.9 Å². The molecule has 1 aromatic heterocycles. The maximum absolute atomic E-state index is 6.16. The summed E-state index contributed by atoms with van der Waals surface area (Å²) in [6.45, 7) is 5.04. The van der Waals surface area contributed by atoms with Crippen LogP contribution in [0.3, 0.4) is 0 Å². The molecule has 0 radical (unpaired) electrons. The van der Waals surface area contributed by atoms with Crippen LogP contribution in [-0.4, -0.2) is 9.78 Å². The van der Waals surface area contributed by atoms with Crippen molar-refractivity contribution in [2.24, 2.45) is 0 Å².